The summed E-state index contributed by atoms with van der Waals surface area (Å²) in [6.45, 7) is 3.33. The molecule has 0 aliphatic heterocycles. The van der Waals surface area contributed by atoms with Crippen molar-refractivity contribution in [2.45, 2.75) is 19.9 Å². The Morgan fingerprint density at radius 2 is 2.28 bits per heavy atom. The van der Waals surface area contributed by atoms with Gasteiger partial charge in [-0.2, -0.15) is 4.39 Å². The molecule has 0 bridgehead atoms. The number of carbonyl (C=O) groups excluding carboxylic acids is 1. The van der Waals surface area contributed by atoms with Crippen LogP contribution in [-0.4, -0.2) is 23.5 Å². The number of nitrogens with one attached hydrogen (secondary N) is 1. The minimum atomic E-state index is -0.957. The zero-order chi connectivity index (χ0) is 13.7. The molecular weight excluding hydrogens is 243 g/mol. The summed E-state index contributed by atoms with van der Waals surface area (Å²) in [7, 11) is 0. The lowest BCUT2D eigenvalue weighted by atomic mass is 10.2. The molecule has 1 unspecified atom stereocenters. The van der Waals surface area contributed by atoms with Crippen molar-refractivity contribution in [3.8, 4) is 0 Å². The fourth-order valence-electron chi connectivity index (χ4n) is 1.38. The van der Waals surface area contributed by atoms with E-state index in [-0.39, 0.29) is 12.3 Å². The minimum absolute atomic E-state index is 0.0550. The first-order chi connectivity index (χ1) is 8.47. The van der Waals surface area contributed by atoms with E-state index in [9.17, 15) is 19.3 Å². The SMILES string of the molecule is CCOC(=O)C(C)Nc1cccc(F)c1[N+](=O)[O-]. The maximum atomic E-state index is 13.3. The van der Waals surface area contributed by atoms with Crippen LogP contribution >= 0.6 is 0 Å². The summed E-state index contributed by atoms with van der Waals surface area (Å²) >= 11 is 0. The monoisotopic (exact) mass is 256 g/mol. The van der Waals surface area contributed by atoms with Crippen molar-refractivity contribution in [3.05, 3.63) is 34.1 Å². The van der Waals surface area contributed by atoms with E-state index in [1.807, 2.05) is 0 Å². The predicted molar refractivity (Wildman–Crippen MR) is 62.8 cm³/mol. The van der Waals surface area contributed by atoms with Gasteiger partial charge in [-0.1, -0.05) is 6.07 Å². The molecule has 0 heterocycles. The van der Waals surface area contributed by atoms with E-state index in [1.165, 1.54) is 19.1 Å². The third-order valence-corrected chi connectivity index (χ3v) is 2.18. The maximum Gasteiger partial charge on any atom is 0.328 e. The molecule has 1 aromatic carbocycles. The van der Waals surface area contributed by atoms with Gasteiger partial charge in [-0.3, -0.25) is 10.1 Å². The molecule has 98 valence electrons. The summed E-state index contributed by atoms with van der Waals surface area (Å²) in [6.07, 6.45) is 0. The lowest BCUT2D eigenvalue weighted by Crippen LogP contribution is -2.28. The number of hydrogen-bond acceptors (Lipinski definition) is 5. The van der Waals surface area contributed by atoms with Crippen LogP contribution < -0.4 is 5.32 Å². The van der Waals surface area contributed by atoms with Crippen molar-refractivity contribution in [2.24, 2.45) is 0 Å². The number of nitro benzene ring substituents is 1. The molecule has 1 aromatic rings. The van der Waals surface area contributed by atoms with E-state index < -0.39 is 28.4 Å². The molecule has 1 atom stereocenters. The lowest BCUT2D eigenvalue weighted by molar-refractivity contribution is -0.386. The van der Waals surface area contributed by atoms with Crippen molar-refractivity contribution < 1.29 is 18.8 Å². The first kappa shape index (κ1) is 13.9. The normalized spacial score (nSPS) is 11.7. The van der Waals surface area contributed by atoms with Gasteiger partial charge in [-0.15, -0.1) is 0 Å². The Bertz CT molecular complexity index is 464. The summed E-state index contributed by atoms with van der Waals surface area (Å²) in [4.78, 5) is 21.3. The molecule has 0 radical (unpaired) electrons. The van der Waals surface area contributed by atoms with Crippen LogP contribution in [0.25, 0.3) is 0 Å². The molecule has 0 amide bonds. The number of halogens is 1. The molecule has 0 spiro atoms. The van der Waals surface area contributed by atoms with Gasteiger partial charge in [0.1, 0.15) is 11.7 Å². The Labute approximate surface area is 103 Å². The maximum absolute atomic E-state index is 13.3. The Morgan fingerprint density at radius 1 is 1.61 bits per heavy atom. The van der Waals surface area contributed by atoms with E-state index in [2.05, 4.69) is 5.32 Å². The number of ether oxygens (including phenoxy) is 1. The third kappa shape index (κ3) is 3.16. The van der Waals surface area contributed by atoms with Crippen LogP contribution in [0.1, 0.15) is 13.8 Å². The van der Waals surface area contributed by atoms with Crippen molar-refractivity contribution in [1.29, 1.82) is 0 Å². The predicted octanol–water partition coefficient (Wildman–Crippen LogP) is 2.10. The van der Waals surface area contributed by atoms with Crippen LogP contribution in [0.2, 0.25) is 0 Å². The van der Waals surface area contributed by atoms with Gasteiger partial charge >= 0.3 is 11.7 Å². The molecule has 0 aromatic heterocycles. The summed E-state index contributed by atoms with van der Waals surface area (Å²) in [5, 5.41) is 13.3. The van der Waals surface area contributed by atoms with Crippen LogP contribution in [0.15, 0.2) is 18.2 Å². The van der Waals surface area contributed by atoms with Crippen LogP contribution in [0.3, 0.4) is 0 Å². The summed E-state index contributed by atoms with van der Waals surface area (Å²) in [6, 6.07) is 2.84. The van der Waals surface area contributed by atoms with Crippen molar-refractivity contribution >= 4 is 17.3 Å². The van der Waals surface area contributed by atoms with Crippen LogP contribution in [0.4, 0.5) is 15.8 Å². The molecule has 0 fully saturated rings. The van der Waals surface area contributed by atoms with Gasteiger partial charge in [0, 0.05) is 0 Å². The average Bonchev–Trinajstić information content (AvgIpc) is 2.28. The van der Waals surface area contributed by atoms with Crippen molar-refractivity contribution in [3.63, 3.8) is 0 Å². The zero-order valence-corrected chi connectivity index (χ0v) is 9.97. The second-order valence-electron chi connectivity index (χ2n) is 3.51. The van der Waals surface area contributed by atoms with Gasteiger partial charge in [0.2, 0.25) is 5.82 Å². The molecular formula is C11H13FN2O4. The topological polar surface area (TPSA) is 81.5 Å². The van der Waals surface area contributed by atoms with E-state index in [0.717, 1.165) is 6.07 Å². The standard InChI is InChI=1S/C11H13FN2O4/c1-3-18-11(15)7(2)13-9-6-4-5-8(12)10(9)14(16)17/h4-7,13H,3H2,1-2H3. The highest BCUT2D eigenvalue weighted by atomic mass is 19.1. The summed E-state index contributed by atoms with van der Waals surface area (Å²) < 4.78 is 18.0. The highest BCUT2D eigenvalue weighted by Crippen LogP contribution is 2.27. The molecule has 6 nitrogen and oxygen atoms in total. The highest BCUT2D eigenvalue weighted by Gasteiger charge is 2.23. The molecule has 0 aliphatic carbocycles. The average molecular weight is 256 g/mol. The smallest absolute Gasteiger partial charge is 0.328 e. The number of hydrogen-bond donors (Lipinski definition) is 1. The highest BCUT2D eigenvalue weighted by molar-refractivity contribution is 5.80. The number of para-hydroxylation sites is 1. The van der Waals surface area contributed by atoms with E-state index in [4.69, 9.17) is 4.74 Å². The Kier molecular flexibility index (Phi) is 4.59. The number of carbonyl (C=O) groups is 1. The Balaban J connectivity index is 2.94. The second-order valence-corrected chi connectivity index (χ2v) is 3.51. The van der Waals surface area contributed by atoms with Crippen molar-refractivity contribution in [2.75, 3.05) is 11.9 Å². The second kappa shape index (κ2) is 5.95. The van der Waals surface area contributed by atoms with E-state index in [0.29, 0.717) is 0 Å². The largest absolute Gasteiger partial charge is 0.464 e. The number of nitro groups is 1. The van der Waals surface area contributed by atoms with Gasteiger partial charge in [0.25, 0.3) is 0 Å². The first-order valence-corrected chi connectivity index (χ1v) is 5.33. The molecule has 1 N–H and O–H groups in total. The first-order valence-electron chi connectivity index (χ1n) is 5.33. The molecule has 0 aliphatic rings. The molecule has 18 heavy (non-hydrogen) atoms. The number of esters is 1. The van der Waals surface area contributed by atoms with Crippen molar-refractivity contribution in [1.82, 2.24) is 0 Å². The fraction of sp³-hybridized carbons (Fsp3) is 0.364. The number of anilines is 1. The Hall–Kier alpha value is -2.18. The minimum Gasteiger partial charge on any atom is -0.464 e. The summed E-state index contributed by atoms with van der Waals surface area (Å²) in [5.74, 6) is -1.52. The molecule has 0 saturated heterocycles. The van der Waals surface area contributed by atoms with Gasteiger partial charge in [0.05, 0.1) is 11.5 Å². The van der Waals surface area contributed by atoms with Gasteiger partial charge in [0.15, 0.2) is 0 Å². The number of nitrogens with zero attached hydrogens (tertiary/aromatic N) is 1. The number of rotatable bonds is 5. The van der Waals surface area contributed by atoms with Gasteiger partial charge in [-0.05, 0) is 26.0 Å². The zero-order valence-electron chi connectivity index (χ0n) is 9.97. The molecule has 7 heteroatoms. The number of benzene rings is 1. The fourth-order valence-corrected chi connectivity index (χ4v) is 1.38. The van der Waals surface area contributed by atoms with Crippen LogP contribution in [0.5, 0.6) is 0 Å². The van der Waals surface area contributed by atoms with E-state index >= 15 is 0 Å². The third-order valence-electron chi connectivity index (χ3n) is 2.18. The quantitative estimate of drug-likeness (QED) is 0.495. The van der Waals surface area contributed by atoms with Crippen LogP contribution in [0, 0.1) is 15.9 Å². The molecule has 1 rings (SSSR count). The van der Waals surface area contributed by atoms with Crippen LogP contribution in [-0.2, 0) is 9.53 Å². The van der Waals surface area contributed by atoms with Gasteiger partial charge < -0.3 is 10.1 Å². The van der Waals surface area contributed by atoms with Gasteiger partial charge in [-0.25, -0.2) is 4.79 Å². The molecule has 0 saturated carbocycles. The Morgan fingerprint density at radius 3 is 2.83 bits per heavy atom. The van der Waals surface area contributed by atoms with E-state index in [1.54, 1.807) is 6.92 Å². The lowest BCUT2D eigenvalue weighted by Gasteiger charge is -2.13. The summed E-state index contributed by atoms with van der Waals surface area (Å²) in [5.41, 5.74) is -0.741.